The van der Waals surface area contributed by atoms with Crippen LogP contribution in [0, 0.1) is 0 Å². The molecule has 2 aromatic carbocycles. The third-order valence-corrected chi connectivity index (χ3v) is 5.00. The van der Waals surface area contributed by atoms with Gasteiger partial charge in [0.25, 0.3) is 0 Å². The molecule has 0 spiro atoms. The fourth-order valence-electron chi connectivity index (χ4n) is 3.08. The fourth-order valence-corrected chi connectivity index (χ4v) is 3.63. The van der Waals surface area contributed by atoms with Crippen molar-refractivity contribution < 1.29 is 4.74 Å². The molecule has 1 unspecified atom stereocenters. The van der Waals surface area contributed by atoms with E-state index in [1.165, 1.54) is 30.4 Å². The second-order valence-corrected chi connectivity index (χ2v) is 7.07. The van der Waals surface area contributed by atoms with Crippen molar-refractivity contribution in [3.63, 3.8) is 0 Å². The molecular weight excluding hydrogens is 350 g/mol. The Hall–Kier alpha value is -1.32. The molecule has 0 saturated carbocycles. The monoisotopic (exact) mass is 373 g/mol. The molecule has 0 aliphatic carbocycles. The molecule has 1 atom stereocenters. The van der Waals surface area contributed by atoms with Gasteiger partial charge in [0.15, 0.2) is 0 Å². The van der Waals surface area contributed by atoms with Gasteiger partial charge in [-0.1, -0.05) is 42.8 Å². The zero-order valence-corrected chi connectivity index (χ0v) is 15.0. The Labute approximate surface area is 147 Å². The summed E-state index contributed by atoms with van der Waals surface area (Å²) in [7, 11) is 0. The lowest BCUT2D eigenvalue weighted by Gasteiger charge is -2.23. The smallest absolute Gasteiger partial charge is 0.133 e. The van der Waals surface area contributed by atoms with E-state index < -0.39 is 0 Å². The molecule has 3 rings (SSSR count). The van der Waals surface area contributed by atoms with Gasteiger partial charge in [-0.25, -0.2) is 0 Å². The normalized spacial score (nSPS) is 17.9. The molecule has 3 heteroatoms. The van der Waals surface area contributed by atoms with Crippen molar-refractivity contribution in [3.8, 4) is 5.75 Å². The first-order chi connectivity index (χ1) is 11.3. The van der Waals surface area contributed by atoms with Gasteiger partial charge in [-0.05, 0) is 71.4 Å². The lowest BCUT2D eigenvalue weighted by atomic mass is 10.0. The second-order valence-electron chi connectivity index (χ2n) is 6.21. The van der Waals surface area contributed by atoms with Gasteiger partial charge in [-0.2, -0.15) is 0 Å². The Bertz CT molecular complexity index is 608. The van der Waals surface area contributed by atoms with Crippen molar-refractivity contribution in [1.29, 1.82) is 0 Å². The number of nitrogens with one attached hydrogen (secondary N) is 1. The van der Waals surface area contributed by atoms with Crippen molar-refractivity contribution in [3.05, 3.63) is 64.1 Å². The summed E-state index contributed by atoms with van der Waals surface area (Å²) in [5, 5.41) is 3.56. The summed E-state index contributed by atoms with van der Waals surface area (Å²) in [5.74, 6) is 0.942. The van der Waals surface area contributed by atoms with E-state index in [9.17, 15) is 0 Å². The van der Waals surface area contributed by atoms with Gasteiger partial charge in [0, 0.05) is 6.04 Å². The largest absolute Gasteiger partial charge is 0.492 e. The summed E-state index contributed by atoms with van der Waals surface area (Å²) in [6, 6.07) is 17.6. The van der Waals surface area contributed by atoms with Crippen molar-refractivity contribution >= 4 is 15.9 Å². The number of benzene rings is 2. The van der Waals surface area contributed by atoms with Crippen LogP contribution in [0.1, 0.15) is 36.8 Å². The molecule has 0 radical (unpaired) electrons. The maximum atomic E-state index is 5.96. The Morgan fingerprint density at radius 3 is 2.65 bits per heavy atom. The summed E-state index contributed by atoms with van der Waals surface area (Å²) in [5.41, 5.74) is 2.63. The Morgan fingerprint density at radius 2 is 1.91 bits per heavy atom. The highest BCUT2D eigenvalue weighted by Gasteiger charge is 2.12. The lowest BCUT2D eigenvalue weighted by molar-refractivity contribution is 0.267. The van der Waals surface area contributed by atoms with Crippen LogP contribution in [0.15, 0.2) is 53.0 Å². The molecule has 1 saturated heterocycles. The van der Waals surface area contributed by atoms with Gasteiger partial charge < -0.3 is 10.1 Å². The highest BCUT2D eigenvalue weighted by Crippen LogP contribution is 2.27. The van der Waals surface area contributed by atoms with Gasteiger partial charge in [0.05, 0.1) is 11.1 Å². The van der Waals surface area contributed by atoms with E-state index in [4.69, 9.17) is 4.74 Å². The van der Waals surface area contributed by atoms with Gasteiger partial charge >= 0.3 is 0 Å². The molecule has 1 fully saturated rings. The molecule has 2 nitrogen and oxygen atoms in total. The molecule has 0 bridgehead atoms. The standard InChI is InChI=1S/C20H24BrNO/c21-19-15-17(14-16-6-2-1-3-7-16)9-10-20(19)23-13-11-18-8-4-5-12-22-18/h1-3,6-7,9-10,15,18,22H,4-5,8,11-14H2. The highest BCUT2D eigenvalue weighted by molar-refractivity contribution is 9.10. The van der Waals surface area contributed by atoms with Crippen molar-refractivity contribution in [2.24, 2.45) is 0 Å². The topological polar surface area (TPSA) is 21.3 Å². The van der Waals surface area contributed by atoms with Crippen LogP contribution in [0.25, 0.3) is 0 Å². The Kier molecular flexibility index (Phi) is 6.12. The number of piperidine rings is 1. The number of hydrogen-bond acceptors (Lipinski definition) is 2. The van der Waals surface area contributed by atoms with Gasteiger partial charge in [-0.15, -0.1) is 0 Å². The molecule has 1 heterocycles. The molecule has 23 heavy (non-hydrogen) atoms. The Balaban J connectivity index is 1.52. The van der Waals surface area contributed by atoms with Crippen molar-refractivity contribution in [1.82, 2.24) is 5.32 Å². The van der Waals surface area contributed by atoms with Crippen LogP contribution < -0.4 is 10.1 Å². The minimum Gasteiger partial charge on any atom is -0.492 e. The number of ether oxygens (including phenoxy) is 1. The van der Waals surface area contributed by atoms with Gasteiger partial charge in [0.2, 0.25) is 0 Å². The number of rotatable bonds is 6. The predicted octanol–water partition coefficient (Wildman–Crippen LogP) is 4.95. The van der Waals surface area contributed by atoms with E-state index >= 15 is 0 Å². The van der Waals surface area contributed by atoms with E-state index in [1.54, 1.807) is 0 Å². The van der Waals surface area contributed by atoms with Crippen molar-refractivity contribution in [2.45, 2.75) is 38.1 Å². The van der Waals surface area contributed by atoms with Crippen LogP contribution in [0.3, 0.4) is 0 Å². The zero-order chi connectivity index (χ0) is 15.9. The lowest BCUT2D eigenvalue weighted by Crippen LogP contribution is -2.35. The molecule has 2 aromatic rings. The SMILES string of the molecule is Brc1cc(Cc2ccccc2)ccc1OCCC1CCCCN1. The first-order valence-electron chi connectivity index (χ1n) is 8.50. The molecule has 0 aromatic heterocycles. The first-order valence-corrected chi connectivity index (χ1v) is 9.29. The van der Waals surface area contributed by atoms with Crippen LogP contribution in [0.5, 0.6) is 5.75 Å². The molecule has 1 N–H and O–H groups in total. The first kappa shape index (κ1) is 16.5. The second kappa shape index (κ2) is 8.51. The van der Waals surface area contributed by atoms with E-state index in [-0.39, 0.29) is 0 Å². The highest BCUT2D eigenvalue weighted by atomic mass is 79.9. The predicted molar refractivity (Wildman–Crippen MR) is 99.1 cm³/mol. The zero-order valence-electron chi connectivity index (χ0n) is 13.4. The Morgan fingerprint density at radius 1 is 1.04 bits per heavy atom. The quantitative estimate of drug-likeness (QED) is 0.773. The van der Waals surface area contributed by atoms with Gasteiger partial charge in [0.1, 0.15) is 5.75 Å². The fraction of sp³-hybridized carbons (Fsp3) is 0.400. The third-order valence-electron chi connectivity index (χ3n) is 4.38. The van der Waals surface area contributed by atoms with Crippen LogP contribution in [0.2, 0.25) is 0 Å². The number of halogens is 1. The van der Waals surface area contributed by atoms with Crippen LogP contribution in [-0.4, -0.2) is 19.2 Å². The summed E-state index contributed by atoms with van der Waals surface area (Å²) in [6.07, 6.45) is 5.96. The van der Waals surface area contributed by atoms with Crippen LogP contribution in [-0.2, 0) is 6.42 Å². The average molecular weight is 374 g/mol. The molecule has 0 amide bonds. The van der Waals surface area contributed by atoms with Crippen LogP contribution >= 0.6 is 15.9 Å². The summed E-state index contributed by atoms with van der Waals surface area (Å²) in [4.78, 5) is 0. The summed E-state index contributed by atoms with van der Waals surface area (Å²) < 4.78 is 7.00. The molecule has 1 aliphatic rings. The van der Waals surface area contributed by atoms with E-state index in [0.29, 0.717) is 6.04 Å². The minimum atomic E-state index is 0.625. The van der Waals surface area contributed by atoms with E-state index in [2.05, 4.69) is 69.8 Å². The third kappa shape index (κ3) is 5.08. The van der Waals surface area contributed by atoms with Crippen molar-refractivity contribution in [2.75, 3.05) is 13.2 Å². The summed E-state index contributed by atoms with van der Waals surface area (Å²) >= 11 is 3.65. The van der Waals surface area contributed by atoms with E-state index in [0.717, 1.165) is 36.2 Å². The number of hydrogen-bond donors (Lipinski definition) is 1. The maximum absolute atomic E-state index is 5.96. The molecule has 122 valence electrons. The van der Waals surface area contributed by atoms with E-state index in [1.807, 2.05) is 0 Å². The maximum Gasteiger partial charge on any atom is 0.133 e. The minimum absolute atomic E-state index is 0.625. The van der Waals surface area contributed by atoms with Crippen LogP contribution in [0.4, 0.5) is 0 Å². The average Bonchev–Trinajstić information content (AvgIpc) is 2.59. The summed E-state index contributed by atoms with van der Waals surface area (Å²) in [6.45, 7) is 1.93. The molecular formula is C20H24BrNO. The van der Waals surface area contributed by atoms with Gasteiger partial charge in [-0.3, -0.25) is 0 Å². The molecule has 1 aliphatic heterocycles.